The number of ether oxygens (including phenoxy) is 1. The highest BCUT2D eigenvalue weighted by molar-refractivity contribution is 6.11. The summed E-state index contributed by atoms with van der Waals surface area (Å²) < 4.78 is 33.4. The maximum absolute atomic E-state index is 14.0. The number of hydrogen-bond acceptors (Lipinski definition) is 6. The van der Waals surface area contributed by atoms with Crippen molar-refractivity contribution in [2.24, 2.45) is 0 Å². The first kappa shape index (κ1) is 21.0. The fourth-order valence-electron chi connectivity index (χ4n) is 3.86. The number of aromatic amines is 1. The van der Waals surface area contributed by atoms with Gasteiger partial charge in [-0.3, -0.25) is 4.79 Å². The van der Waals surface area contributed by atoms with E-state index in [0.717, 1.165) is 5.69 Å². The average molecular weight is 450 g/mol. The minimum absolute atomic E-state index is 0.120. The van der Waals surface area contributed by atoms with Crippen LogP contribution in [0.2, 0.25) is 0 Å². The number of nitrogens with one attached hydrogen (secondary N) is 2. The largest absolute Gasteiger partial charge is 0.378 e. The van der Waals surface area contributed by atoms with Crippen molar-refractivity contribution in [2.45, 2.75) is 6.43 Å². The number of amides is 1. The lowest BCUT2D eigenvalue weighted by Crippen LogP contribution is -2.36. The Bertz CT molecular complexity index is 1290. The van der Waals surface area contributed by atoms with Gasteiger partial charge in [0.25, 0.3) is 12.3 Å². The van der Waals surface area contributed by atoms with Crippen LogP contribution in [0.15, 0.2) is 55.0 Å². The third-order valence-electron chi connectivity index (χ3n) is 5.48. The summed E-state index contributed by atoms with van der Waals surface area (Å²) in [6, 6.07) is 11.6. The molecule has 0 bridgehead atoms. The molecule has 4 aromatic rings. The first-order valence-electron chi connectivity index (χ1n) is 10.4. The molecule has 168 valence electrons. The van der Waals surface area contributed by atoms with Crippen molar-refractivity contribution in [2.75, 3.05) is 36.5 Å². The summed E-state index contributed by atoms with van der Waals surface area (Å²) in [5.41, 5.74) is 2.15. The van der Waals surface area contributed by atoms with Crippen LogP contribution in [0.1, 0.15) is 22.3 Å². The van der Waals surface area contributed by atoms with Gasteiger partial charge in [0.1, 0.15) is 23.5 Å². The smallest absolute Gasteiger partial charge is 0.264 e. The Morgan fingerprint density at radius 2 is 2.00 bits per heavy atom. The lowest BCUT2D eigenvalue weighted by Gasteiger charge is -2.29. The normalized spacial score (nSPS) is 14.1. The molecule has 1 saturated heterocycles. The van der Waals surface area contributed by atoms with E-state index in [0.29, 0.717) is 54.3 Å². The van der Waals surface area contributed by atoms with Crippen molar-refractivity contribution < 1.29 is 18.3 Å². The van der Waals surface area contributed by atoms with Gasteiger partial charge in [-0.05, 0) is 36.4 Å². The number of halogens is 2. The minimum atomic E-state index is -2.69. The predicted octanol–water partition coefficient (Wildman–Crippen LogP) is 4.05. The van der Waals surface area contributed by atoms with E-state index in [4.69, 9.17) is 4.74 Å². The van der Waals surface area contributed by atoms with Crippen molar-refractivity contribution in [3.63, 3.8) is 0 Å². The number of rotatable bonds is 5. The number of aromatic nitrogens is 4. The van der Waals surface area contributed by atoms with Gasteiger partial charge in [0.15, 0.2) is 0 Å². The maximum atomic E-state index is 14.0. The van der Waals surface area contributed by atoms with Gasteiger partial charge in [-0.1, -0.05) is 6.07 Å². The molecule has 33 heavy (non-hydrogen) atoms. The van der Waals surface area contributed by atoms with E-state index in [-0.39, 0.29) is 11.4 Å². The predicted molar refractivity (Wildman–Crippen MR) is 120 cm³/mol. The van der Waals surface area contributed by atoms with Crippen LogP contribution in [0.5, 0.6) is 0 Å². The fraction of sp³-hybridized carbons (Fsp3) is 0.217. The molecule has 0 aliphatic carbocycles. The molecule has 2 N–H and O–H groups in total. The molecule has 0 atom stereocenters. The van der Waals surface area contributed by atoms with Gasteiger partial charge in [-0.2, -0.15) is 0 Å². The van der Waals surface area contributed by atoms with E-state index in [1.165, 1.54) is 18.6 Å². The van der Waals surface area contributed by atoms with Crippen LogP contribution in [-0.4, -0.2) is 52.1 Å². The monoisotopic (exact) mass is 450 g/mol. The van der Waals surface area contributed by atoms with Crippen LogP contribution in [0.3, 0.4) is 0 Å². The van der Waals surface area contributed by atoms with Crippen LogP contribution >= 0.6 is 0 Å². The second-order valence-corrected chi connectivity index (χ2v) is 7.51. The molecule has 5 rings (SSSR count). The average Bonchev–Trinajstić information content (AvgIpc) is 3.29. The van der Waals surface area contributed by atoms with Gasteiger partial charge >= 0.3 is 0 Å². The summed E-state index contributed by atoms with van der Waals surface area (Å²) in [5, 5.41) is 2.69. The molecule has 0 saturated carbocycles. The highest BCUT2D eigenvalue weighted by Gasteiger charge is 2.22. The van der Waals surface area contributed by atoms with Crippen molar-refractivity contribution >= 4 is 28.4 Å². The topological polar surface area (TPSA) is 96.0 Å². The van der Waals surface area contributed by atoms with E-state index in [1.54, 1.807) is 30.3 Å². The number of H-pyrrole nitrogens is 1. The molecule has 1 aliphatic rings. The Morgan fingerprint density at radius 1 is 1.15 bits per heavy atom. The standard InChI is InChI=1S/C23H20F2N6O2/c24-21(25)17-12-14(31-8-10-33-11-9-31)4-5-15(17)22-28-18-3-1-2-16(20(18)30-22)23(32)29-19-6-7-26-13-27-19/h1-7,12-13,21H,8-11H2,(H,28,30)(H,26,27,29,32). The molecule has 1 fully saturated rings. The van der Waals surface area contributed by atoms with E-state index in [9.17, 15) is 13.6 Å². The van der Waals surface area contributed by atoms with Crippen LogP contribution < -0.4 is 10.2 Å². The van der Waals surface area contributed by atoms with E-state index >= 15 is 0 Å². The molecule has 2 aromatic heterocycles. The van der Waals surface area contributed by atoms with E-state index < -0.39 is 12.3 Å². The Balaban J connectivity index is 1.51. The summed E-state index contributed by atoms with van der Waals surface area (Å²) >= 11 is 0. The summed E-state index contributed by atoms with van der Waals surface area (Å²) in [5.74, 6) is 0.215. The zero-order valence-electron chi connectivity index (χ0n) is 17.5. The lowest BCUT2D eigenvalue weighted by molar-refractivity contribution is 0.102. The molecule has 10 heteroatoms. The Morgan fingerprint density at radius 3 is 2.76 bits per heavy atom. The number of hydrogen-bond donors (Lipinski definition) is 2. The zero-order chi connectivity index (χ0) is 22.8. The summed E-state index contributed by atoms with van der Waals surface area (Å²) in [7, 11) is 0. The van der Waals surface area contributed by atoms with Crippen molar-refractivity contribution in [1.82, 2.24) is 19.9 Å². The zero-order valence-corrected chi connectivity index (χ0v) is 17.5. The van der Waals surface area contributed by atoms with Crippen LogP contribution in [-0.2, 0) is 4.74 Å². The highest BCUT2D eigenvalue weighted by Crippen LogP contribution is 2.34. The van der Waals surface area contributed by atoms with Gasteiger partial charge in [0.05, 0.1) is 24.3 Å². The van der Waals surface area contributed by atoms with Gasteiger partial charge in [-0.15, -0.1) is 0 Å². The Hall–Kier alpha value is -3.92. The minimum Gasteiger partial charge on any atom is -0.378 e. The molecule has 8 nitrogen and oxygen atoms in total. The molecule has 0 unspecified atom stereocenters. The highest BCUT2D eigenvalue weighted by atomic mass is 19.3. The van der Waals surface area contributed by atoms with Crippen molar-refractivity contribution in [1.29, 1.82) is 0 Å². The number of carbonyl (C=O) groups is 1. The quantitative estimate of drug-likeness (QED) is 0.476. The number of morpholine rings is 1. The molecule has 3 heterocycles. The number of para-hydroxylation sites is 1. The van der Waals surface area contributed by atoms with E-state index in [1.807, 2.05) is 11.0 Å². The molecule has 2 aromatic carbocycles. The maximum Gasteiger partial charge on any atom is 0.264 e. The van der Waals surface area contributed by atoms with Crippen LogP contribution in [0, 0.1) is 0 Å². The molecule has 1 amide bonds. The number of anilines is 2. The number of alkyl halides is 2. The van der Waals surface area contributed by atoms with Crippen molar-refractivity contribution in [3.8, 4) is 11.4 Å². The molecular formula is C23H20F2N6O2. The number of carbonyl (C=O) groups excluding carboxylic acids is 1. The first-order chi connectivity index (χ1) is 16.1. The third-order valence-corrected chi connectivity index (χ3v) is 5.48. The van der Waals surface area contributed by atoms with Gasteiger partial charge in [-0.25, -0.2) is 23.7 Å². The molecule has 0 spiro atoms. The molecule has 0 radical (unpaired) electrons. The Labute approximate surface area is 187 Å². The fourth-order valence-corrected chi connectivity index (χ4v) is 3.86. The number of benzene rings is 2. The number of imidazole rings is 1. The Kier molecular flexibility index (Phi) is 5.66. The second kappa shape index (κ2) is 8.91. The number of fused-ring (bicyclic) bond motifs is 1. The third kappa shape index (κ3) is 4.24. The van der Waals surface area contributed by atoms with Gasteiger partial charge < -0.3 is 19.9 Å². The van der Waals surface area contributed by atoms with Crippen LogP contribution in [0.25, 0.3) is 22.4 Å². The lowest BCUT2D eigenvalue weighted by atomic mass is 10.1. The number of nitrogens with zero attached hydrogens (tertiary/aromatic N) is 4. The van der Waals surface area contributed by atoms with Crippen LogP contribution in [0.4, 0.5) is 20.3 Å². The SMILES string of the molecule is O=C(Nc1ccncn1)c1cccc2[nH]c(-c3ccc(N4CCOCC4)cc3C(F)F)nc12. The van der Waals surface area contributed by atoms with Gasteiger partial charge in [0.2, 0.25) is 0 Å². The first-order valence-corrected chi connectivity index (χ1v) is 10.4. The summed E-state index contributed by atoms with van der Waals surface area (Å²) in [6.07, 6.45) is 0.159. The summed E-state index contributed by atoms with van der Waals surface area (Å²) in [4.78, 5) is 30.2. The second-order valence-electron chi connectivity index (χ2n) is 7.51. The van der Waals surface area contributed by atoms with Crippen molar-refractivity contribution in [3.05, 3.63) is 66.1 Å². The summed E-state index contributed by atoms with van der Waals surface area (Å²) in [6.45, 7) is 2.43. The van der Waals surface area contributed by atoms with Gasteiger partial charge in [0, 0.05) is 36.1 Å². The van der Waals surface area contributed by atoms with E-state index in [2.05, 4.69) is 25.3 Å². The molecule has 1 aliphatic heterocycles. The molecular weight excluding hydrogens is 430 g/mol.